The zero-order valence-electron chi connectivity index (χ0n) is 16.0. The van der Waals surface area contributed by atoms with Crippen molar-refractivity contribution in [2.45, 2.75) is 52.4 Å². The summed E-state index contributed by atoms with van der Waals surface area (Å²) in [7, 11) is 1.47. The molecule has 0 aromatic rings. The maximum atomic E-state index is 12.7. The van der Waals surface area contributed by atoms with E-state index < -0.39 is 41.1 Å². The zero-order chi connectivity index (χ0) is 20.1. The van der Waals surface area contributed by atoms with Gasteiger partial charge in [0.15, 0.2) is 12.2 Å². The Labute approximate surface area is 164 Å². The van der Waals surface area contributed by atoms with Crippen molar-refractivity contribution in [3.05, 3.63) is 0 Å². The third-order valence-electron chi connectivity index (χ3n) is 4.26. The third kappa shape index (κ3) is 4.90. The van der Waals surface area contributed by atoms with Gasteiger partial charge in [-0.25, -0.2) is 0 Å². The molecule has 1 saturated heterocycles. The number of esters is 2. The van der Waals surface area contributed by atoms with Crippen LogP contribution in [-0.4, -0.2) is 54.6 Å². The molecule has 0 amide bonds. The number of methoxy groups -OCH3 is 1. The molecule has 8 heteroatoms. The van der Waals surface area contributed by atoms with E-state index >= 15 is 0 Å². The summed E-state index contributed by atoms with van der Waals surface area (Å²) in [6.07, 6.45) is 5.15. The van der Waals surface area contributed by atoms with Gasteiger partial charge in [-0.3, -0.25) is 9.59 Å². The molecule has 0 N–H and O–H groups in total. The summed E-state index contributed by atoms with van der Waals surface area (Å²) < 4.78 is 22.3. The number of rotatable bonds is 6. The Kier molecular flexibility index (Phi) is 7.93. The first-order valence-corrected chi connectivity index (χ1v) is 9.74. The molecule has 26 heavy (non-hydrogen) atoms. The third-order valence-corrected chi connectivity index (χ3v) is 5.29. The number of carbonyl (C=O) groups excluding carboxylic acids is 2. The summed E-state index contributed by atoms with van der Waals surface area (Å²) in [6, 6.07) is 0. The van der Waals surface area contributed by atoms with Crippen molar-refractivity contribution in [3.63, 3.8) is 0 Å². The number of hydrogen-bond donors (Lipinski definition) is 0. The van der Waals surface area contributed by atoms with Crippen LogP contribution in [0.15, 0.2) is 0 Å². The summed E-state index contributed by atoms with van der Waals surface area (Å²) in [5.74, 6) is 1.58. The molecule has 0 aliphatic carbocycles. The minimum atomic E-state index is -1.18. The van der Waals surface area contributed by atoms with Gasteiger partial charge in [0.2, 0.25) is 4.38 Å². The second-order valence-electron chi connectivity index (χ2n) is 7.20. The average Bonchev–Trinajstić information content (AvgIpc) is 2.81. The van der Waals surface area contributed by atoms with Crippen molar-refractivity contribution in [1.82, 2.24) is 0 Å². The molecule has 1 rings (SSSR count). The van der Waals surface area contributed by atoms with Crippen molar-refractivity contribution in [3.8, 4) is 12.3 Å². The van der Waals surface area contributed by atoms with Crippen molar-refractivity contribution in [2.24, 2.45) is 10.8 Å². The van der Waals surface area contributed by atoms with E-state index in [1.165, 1.54) is 18.9 Å². The molecule has 0 bridgehead atoms. The molecule has 1 aliphatic rings. The molecule has 146 valence electrons. The van der Waals surface area contributed by atoms with E-state index in [0.29, 0.717) is 0 Å². The number of carbonyl (C=O) groups is 2. The zero-order valence-corrected chi connectivity index (χ0v) is 17.6. The number of hydrogen-bond acceptors (Lipinski definition) is 8. The molecule has 0 saturated carbocycles. The highest BCUT2D eigenvalue weighted by molar-refractivity contribution is 8.22. The molecule has 1 aliphatic heterocycles. The largest absolute Gasteiger partial charge is 0.470 e. The van der Waals surface area contributed by atoms with Crippen LogP contribution < -0.4 is 0 Å². The summed E-state index contributed by atoms with van der Waals surface area (Å²) >= 11 is 6.38. The smallest absolute Gasteiger partial charge is 0.318 e. The topological polar surface area (TPSA) is 71.1 Å². The standard InChI is InChI=1S/C18H26O6S2/c1-8-9-12(21-6)18(5)13(24-16(25)26-7)11(23-15(18)20)10-22-14(19)17(2,3)4/h1,11-13H,9-10H2,2-7H3/t11-,12+,13-,18-/m1/s1. The minimum Gasteiger partial charge on any atom is -0.470 e. The molecule has 0 spiro atoms. The van der Waals surface area contributed by atoms with Gasteiger partial charge in [0.05, 0.1) is 11.5 Å². The first-order chi connectivity index (χ1) is 12.0. The van der Waals surface area contributed by atoms with Gasteiger partial charge >= 0.3 is 11.9 Å². The van der Waals surface area contributed by atoms with Crippen LogP contribution in [0.25, 0.3) is 0 Å². The van der Waals surface area contributed by atoms with Crippen molar-refractivity contribution in [2.75, 3.05) is 20.0 Å². The molecule has 0 radical (unpaired) electrons. The van der Waals surface area contributed by atoms with Gasteiger partial charge in [-0.2, -0.15) is 0 Å². The van der Waals surface area contributed by atoms with Crippen LogP contribution in [0.4, 0.5) is 0 Å². The Morgan fingerprint density at radius 2 is 2.12 bits per heavy atom. The summed E-state index contributed by atoms with van der Waals surface area (Å²) in [5, 5.41) is 0. The number of ether oxygens (including phenoxy) is 4. The van der Waals surface area contributed by atoms with Crippen LogP contribution in [-0.2, 0) is 28.5 Å². The first kappa shape index (κ1) is 22.7. The SMILES string of the molecule is C#CC[C@H](OC)[C@@]1(C)C(=O)O[C@H](COC(=O)C(C)(C)C)[C@H]1OC(=S)SC. The van der Waals surface area contributed by atoms with Gasteiger partial charge < -0.3 is 18.9 Å². The lowest BCUT2D eigenvalue weighted by Gasteiger charge is -2.34. The predicted octanol–water partition coefficient (Wildman–Crippen LogP) is 2.58. The van der Waals surface area contributed by atoms with Gasteiger partial charge in [0.1, 0.15) is 12.0 Å². The highest BCUT2D eigenvalue weighted by Crippen LogP contribution is 2.42. The number of thiocarbonyl (C=S) groups is 1. The number of terminal acetylenes is 1. The Hall–Kier alpha value is -1.30. The van der Waals surface area contributed by atoms with Gasteiger partial charge in [0, 0.05) is 13.5 Å². The Morgan fingerprint density at radius 1 is 1.50 bits per heavy atom. The quantitative estimate of drug-likeness (QED) is 0.381. The lowest BCUT2D eigenvalue weighted by molar-refractivity contribution is -0.162. The number of thioether (sulfide) groups is 1. The maximum Gasteiger partial charge on any atom is 0.318 e. The molecule has 0 aromatic carbocycles. The fourth-order valence-corrected chi connectivity index (χ4v) is 2.94. The Bertz CT molecular complexity index is 591. The van der Waals surface area contributed by atoms with E-state index in [0.717, 1.165) is 0 Å². The fraction of sp³-hybridized carbons (Fsp3) is 0.722. The molecule has 1 heterocycles. The van der Waals surface area contributed by atoms with Gasteiger partial charge in [0.25, 0.3) is 0 Å². The fourth-order valence-electron chi connectivity index (χ4n) is 2.64. The summed E-state index contributed by atoms with van der Waals surface area (Å²) in [6.45, 7) is 6.76. The molecule has 1 fully saturated rings. The first-order valence-electron chi connectivity index (χ1n) is 8.11. The molecule has 6 nitrogen and oxygen atoms in total. The van der Waals surface area contributed by atoms with Crippen molar-refractivity contribution in [1.29, 1.82) is 0 Å². The normalized spacial score (nSPS) is 26.6. The lowest BCUT2D eigenvalue weighted by atomic mass is 9.77. The monoisotopic (exact) mass is 402 g/mol. The van der Waals surface area contributed by atoms with Crippen LogP contribution in [0.1, 0.15) is 34.1 Å². The minimum absolute atomic E-state index is 0.133. The lowest BCUT2D eigenvalue weighted by Crippen LogP contribution is -2.49. The van der Waals surface area contributed by atoms with Crippen LogP contribution in [0.5, 0.6) is 0 Å². The van der Waals surface area contributed by atoms with Gasteiger partial charge in [-0.15, -0.1) is 12.3 Å². The van der Waals surface area contributed by atoms with Crippen LogP contribution in [0, 0.1) is 23.2 Å². The van der Waals surface area contributed by atoms with Crippen LogP contribution in [0.2, 0.25) is 0 Å². The second-order valence-corrected chi connectivity index (χ2v) is 8.61. The van der Waals surface area contributed by atoms with Crippen LogP contribution >= 0.6 is 24.0 Å². The summed E-state index contributed by atoms with van der Waals surface area (Å²) in [5.41, 5.74) is -1.85. The Morgan fingerprint density at radius 3 is 2.58 bits per heavy atom. The van der Waals surface area contributed by atoms with E-state index in [2.05, 4.69) is 5.92 Å². The maximum absolute atomic E-state index is 12.7. The van der Waals surface area contributed by atoms with E-state index in [-0.39, 0.29) is 17.4 Å². The van der Waals surface area contributed by atoms with Crippen molar-refractivity contribution < 1.29 is 28.5 Å². The summed E-state index contributed by atoms with van der Waals surface area (Å²) in [4.78, 5) is 24.7. The number of cyclic esters (lactones) is 1. The van der Waals surface area contributed by atoms with Crippen LogP contribution in [0.3, 0.4) is 0 Å². The molecule has 0 aromatic heterocycles. The highest BCUT2D eigenvalue weighted by Gasteiger charge is 2.61. The predicted molar refractivity (Wildman–Crippen MR) is 104 cm³/mol. The molecular formula is C18H26O6S2. The van der Waals surface area contributed by atoms with Gasteiger partial charge in [-0.1, -0.05) is 11.8 Å². The van der Waals surface area contributed by atoms with E-state index in [4.69, 9.17) is 37.6 Å². The van der Waals surface area contributed by atoms with E-state index in [9.17, 15) is 9.59 Å². The second kappa shape index (κ2) is 9.07. The van der Waals surface area contributed by atoms with E-state index in [1.807, 2.05) is 0 Å². The molecule has 4 atom stereocenters. The Balaban J connectivity index is 3.11. The van der Waals surface area contributed by atoms with Gasteiger partial charge in [-0.05, 0) is 46.2 Å². The van der Waals surface area contributed by atoms with Crippen molar-refractivity contribution >= 4 is 40.3 Å². The molecule has 0 unspecified atom stereocenters. The average molecular weight is 403 g/mol. The highest BCUT2D eigenvalue weighted by atomic mass is 32.2. The molecular weight excluding hydrogens is 376 g/mol. The van der Waals surface area contributed by atoms with E-state index in [1.54, 1.807) is 34.0 Å².